The molecular formula is C25H33BN2O2Si. The van der Waals surface area contributed by atoms with Crippen LogP contribution in [0.4, 0.5) is 0 Å². The minimum Gasteiger partial charge on any atom is -0.398 e. The van der Waals surface area contributed by atoms with Gasteiger partial charge >= 0.3 is 7.12 Å². The summed E-state index contributed by atoms with van der Waals surface area (Å²) in [5.41, 5.74) is 4.70. The quantitative estimate of drug-likeness (QED) is 0.561. The third-order valence-electron chi connectivity index (χ3n) is 6.46. The molecule has 0 atom stereocenters. The van der Waals surface area contributed by atoms with Crippen molar-refractivity contribution in [3.8, 4) is 16.9 Å². The lowest BCUT2D eigenvalue weighted by molar-refractivity contribution is 0.00578. The van der Waals surface area contributed by atoms with Crippen LogP contribution in [0.1, 0.15) is 33.3 Å². The molecule has 162 valence electrons. The molecule has 0 spiro atoms. The predicted octanol–water partition coefficient (Wildman–Crippen LogP) is 4.69. The van der Waals surface area contributed by atoms with E-state index < -0.39 is 26.4 Å². The molecular weight excluding hydrogens is 399 g/mol. The Kier molecular flexibility index (Phi) is 5.32. The number of hydrogen-bond acceptors (Lipinski definition) is 3. The van der Waals surface area contributed by atoms with Crippen molar-refractivity contribution in [1.29, 1.82) is 0 Å². The van der Waals surface area contributed by atoms with Crippen LogP contribution >= 0.6 is 0 Å². The molecule has 0 amide bonds. The third-order valence-corrected chi connectivity index (χ3v) is 8.46. The molecule has 3 aromatic rings. The Morgan fingerprint density at radius 1 is 0.839 bits per heavy atom. The first-order chi connectivity index (χ1) is 14.4. The van der Waals surface area contributed by atoms with Crippen LogP contribution < -0.4 is 10.8 Å². The average molecular weight is 432 g/mol. The van der Waals surface area contributed by atoms with Crippen molar-refractivity contribution in [3.63, 3.8) is 0 Å². The van der Waals surface area contributed by atoms with Gasteiger partial charge in [-0.1, -0.05) is 67.7 Å². The van der Waals surface area contributed by atoms with Gasteiger partial charge in [-0.15, -0.1) is 0 Å². The number of para-hydroxylation sites is 1. The highest BCUT2D eigenvalue weighted by Crippen LogP contribution is 2.37. The Balaban J connectivity index is 2.00. The summed E-state index contributed by atoms with van der Waals surface area (Å²) in [7, 11) is -2.32. The molecule has 1 aromatic heterocycles. The van der Waals surface area contributed by atoms with Crippen molar-refractivity contribution in [3.05, 3.63) is 60.2 Å². The highest BCUT2D eigenvalue weighted by atomic mass is 28.3. The van der Waals surface area contributed by atoms with Crippen molar-refractivity contribution < 1.29 is 9.31 Å². The van der Waals surface area contributed by atoms with Crippen LogP contribution in [0.5, 0.6) is 0 Å². The zero-order valence-electron chi connectivity index (χ0n) is 20.0. The first kappa shape index (κ1) is 22.1. The van der Waals surface area contributed by atoms with Crippen molar-refractivity contribution in [2.24, 2.45) is 0 Å². The van der Waals surface area contributed by atoms with Gasteiger partial charge in [-0.3, -0.25) is 0 Å². The lowest BCUT2D eigenvalue weighted by Gasteiger charge is -2.32. The normalized spacial score (nSPS) is 17.9. The number of aryl methyl sites for hydroxylation is 1. The van der Waals surface area contributed by atoms with E-state index in [1.165, 1.54) is 16.3 Å². The topological polar surface area (TPSA) is 36.3 Å². The molecule has 1 saturated heterocycles. The van der Waals surface area contributed by atoms with Crippen molar-refractivity contribution in [2.45, 2.75) is 65.5 Å². The van der Waals surface area contributed by atoms with Crippen molar-refractivity contribution in [1.82, 2.24) is 9.78 Å². The van der Waals surface area contributed by atoms with Gasteiger partial charge in [0.1, 0.15) is 0 Å². The second-order valence-corrected chi connectivity index (χ2v) is 15.6. The maximum absolute atomic E-state index is 6.47. The zero-order valence-corrected chi connectivity index (χ0v) is 21.0. The lowest BCUT2D eigenvalue weighted by Crippen LogP contribution is -2.54. The Morgan fingerprint density at radius 2 is 1.39 bits per heavy atom. The van der Waals surface area contributed by atoms with Crippen LogP contribution in [-0.2, 0) is 9.31 Å². The number of hydrogen-bond donors (Lipinski definition) is 0. The molecule has 4 nitrogen and oxygen atoms in total. The fourth-order valence-corrected chi connectivity index (χ4v) is 5.93. The van der Waals surface area contributed by atoms with Gasteiger partial charge in [0.15, 0.2) is 0 Å². The van der Waals surface area contributed by atoms with Crippen LogP contribution in [0.15, 0.2) is 54.6 Å². The van der Waals surface area contributed by atoms with E-state index in [-0.39, 0.29) is 0 Å². The fraction of sp³-hybridized carbons (Fsp3) is 0.400. The van der Waals surface area contributed by atoms with Crippen LogP contribution in [0, 0.1) is 6.92 Å². The molecule has 0 N–H and O–H groups in total. The molecule has 0 unspecified atom stereocenters. The van der Waals surface area contributed by atoms with Gasteiger partial charge in [0.05, 0.1) is 36.3 Å². The number of rotatable bonds is 4. The smallest absolute Gasteiger partial charge is 0.398 e. The molecule has 31 heavy (non-hydrogen) atoms. The van der Waals surface area contributed by atoms with E-state index in [0.717, 1.165) is 17.0 Å². The molecule has 2 heterocycles. The Morgan fingerprint density at radius 3 is 1.90 bits per heavy atom. The van der Waals surface area contributed by atoms with E-state index in [1.54, 1.807) is 0 Å². The molecule has 0 saturated carbocycles. The Bertz CT molecular complexity index is 1070. The van der Waals surface area contributed by atoms with Crippen LogP contribution in [0.3, 0.4) is 0 Å². The maximum atomic E-state index is 6.47. The van der Waals surface area contributed by atoms with Crippen LogP contribution in [0.2, 0.25) is 19.6 Å². The largest absolute Gasteiger partial charge is 0.516 e. The van der Waals surface area contributed by atoms with Gasteiger partial charge < -0.3 is 9.31 Å². The van der Waals surface area contributed by atoms with E-state index in [1.807, 2.05) is 6.07 Å². The van der Waals surface area contributed by atoms with Crippen LogP contribution in [-0.4, -0.2) is 36.2 Å². The summed E-state index contributed by atoms with van der Waals surface area (Å²) in [6.45, 7) is 17.6. The van der Waals surface area contributed by atoms with E-state index in [9.17, 15) is 0 Å². The van der Waals surface area contributed by atoms with Crippen molar-refractivity contribution >= 4 is 26.0 Å². The monoisotopic (exact) mass is 432 g/mol. The molecule has 0 radical (unpaired) electrons. The second-order valence-electron chi connectivity index (χ2n) is 10.6. The number of aromatic nitrogens is 2. The molecule has 6 heteroatoms. The summed E-state index contributed by atoms with van der Waals surface area (Å²) in [6.07, 6.45) is 0. The number of nitrogens with zero attached hydrogens (tertiary/aromatic N) is 2. The summed E-state index contributed by atoms with van der Waals surface area (Å²) < 4.78 is 15.0. The first-order valence-electron chi connectivity index (χ1n) is 11.0. The summed E-state index contributed by atoms with van der Waals surface area (Å²) in [5.74, 6) is 0. The standard InChI is InChI=1S/C25H33BN2O2Si/c1-18-14-16-19(17-15-18)21-22(31(6,7)8)23(26-29-24(2,3)25(4,5)30-26)27-28(21)20-12-10-9-11-13-20/h9-17H,1-8H3. The molecule has 0 aliphatic carbocycles. The third kappa shape index (κ3) is 3.93. The SMILES string of the molecule is Cc1ccc(-c2c([Si](C)(C)C)c(B3OC(C)(C)C(C)(C)O3)nn2-c2ccccc2)cc1. The summed E-state index contributed by atoms with van der Waals surface area (Å²) in [6, 6.07) is 19.1. The minimum atomic E-state index is -1.83. The summed E-state index contributed by atoms with van der Waals surface area (Å²) in [4.78, 5) is 0. The van der Waals surface area contributed by atoms with E-state index in [4.69, 9.17) is 14.4 Å². The fourth-order valence-electron chi connectivity index (χ4n) is 4.03. The Hall–Kier alpha value is -2.15. The highest BCUT2D eigenvalue weighted by molar-refractivity contribution is 6.93. The molecule has 1 fully saturated rings. The highest BCUT2D eigenvalue weighted by Gasteiger charge is 2.54. The molecule has 4 rings (SSSR count). The minimum absolute atomic E-state index is 0.408. The maximum Gasteiger partial charge on any atom is 0.516 e. The summed E-state index contributed by atoms with van der Waals surface area (Å²) >= 11 is 0. The predicted molar refractivity (Wildman–Crippen MR) is 132 cm³/mol. The van der Waals surface area contributed by atoms with Crippen LogP contribution in [0.25, 0.3) is 16.9 Å². The van der Waals surface area contributed by atoms with Crippen molar-refractivity contribution in [2.75, 3.05) is 0 Å². The van der Waals surface area contributed by atoms with Gasteiger partial charge in [0, 0.05) is 5.56 Å². The molecule has 2 aromatic carbocycles. The Labute approximate surface area is 187 Å². The van der Waals surface area contributed by atoms with E-state index >= 15 is 0 Å². The van der Waals surface area contributed by atoms with E-state index in [2.05, 4.69) is 107 Å². The molecule has 1 aliphatic heterocycles. The first-order valence-corrected chi connectivity index (χ1v) is 14.5. The van der Waals surface area contributed by atoms with Gasteiger partial charge in [-0.2, -0.15) is 5.10 Å². The van der Waals surface area contributed by atoms with Gasteiger partial charge in [-0.05, 0) is 51.9 Å². The number of benzene rings is 2. The van der Waals surface area contributed by atoms with Gasteiger partial charge in [-0.25, -0.2) is 4.68 Å². The molecule has 1 aliphatic rings. The lowest BCUT2D eigenvalue weighted by atomic mass is 9.84. The summed E-state index contributed by atoms with van der Waals surface area (Å²) in [5, 5.41) is 6.45. The van der Waals surface area contributed by atoms with Gasteiger partial charge in [0.2, 0.25) is 0 Å². The molecule has 0 bridgehead atoms. The average Bonchev–Trinajstić information content (AvgIpc) is 3.18. The van der Waals surface area contributed by atoms with E-state index in [0.29, 0.717) is 0 Å². The second kappa shape index (κ2) is 7.47. The zero-order chi connectivity index (χ0) is 22.6. The van der Waals surface area contributed by atoms with Gasteiger partial charge in [0.25, 0.3) is 0 Å².